The summed E-state index contributed by atoms with van der Waals surface area (Å²) in [6.07, 6.45) is 43.5. The van der Waals surface area contributed by atoms with Crippen LogP contribution in [0.15, 0.2) is 0 Å². The van der Waals surface area contributed by atoms with Crippen molar-refractivity contribution in [1.29, 1.82) is 0 Å². The maximum atomic E-state index is 12.8. The van der Waals surface area contributed by atoms with Gasteiger partial charge in [-0.1, -0.05) is 240 Å². The molecule has 0 aliphatic carbocycles. The van der Waals surface area contributed by atoms with Gasteiger partial charge in [-0.2, -0.15) is 0 Å². The molecule has 6 heteroatoms. The standard InChI is InChI=1S/C51H98O6/c1-6-9-10-11-12-13-14-21-26-31-36-41-49(52)55-44-48(57-51(54)43-38-33-28-23-18-16-20-25-30-35-40-47(5)8-3)45-56-50(53)42-37-32-27-22-17-15-19-24-29-34-39-46(4)7-2/h46-48H,6-45H2,1-5H3/t46?,47?,48-/m0/s1. The van der Waals surface area contributed by atoms with Crippen LogP contribution in [0.2, 0.25) is 0 Å². The first-order chi connectivity index (χ1) is 27.8. The molecule has 0 saturated heterocycles. The lowest BCUT2D eigenvalue weighted by molar-refractivity contribution is -0.167. The molecule has 0 aliphatic heterocycles. The highest BCUT2D eigenvalue weighted by Crippen LogP contribution is 2.18. The van der Waals surface area contributed by atoms with Crippen LogP contribution in [0.5, 0.6) is 0 Å². The van der Waals surface area contributed by atoms with Crippen LogP contribution in [0.25, 0.3) is 0 Å². The fraction of sp³-hybridized carbons (Fsp3) is 0.941. The van der Waals surface area contributed by atoms with Crippen LogP contribution in [-0.4, -0.2) is 37.2 Å². The molecule has 0 aliphatic rings. The number of ether oxygens (including phenoxy) is 3. The summed E-state index contributed by atoms with van der Waals surface area (Å²) in [7, 11) is 0. The van der Waals surface area contributed by atoms with Crippen molar-refractivity contribution in [3.63, 3.8) is 0 Å². The second kappa shape index (κ2) is 44.0. The Balaban J connectivity index is 4.33. The number of hydrogen-bond donors (Lipinski definition) is 0. The molecule has 0 amide bonds. The van der Waals surface area contributed by atoms with E-state index >= 15 is 0 Å². The average Bonchev–Trinajstić information content (AvgIpc) is 3.21. The van der Waals surface area contributed by atoms with Crippen molar-refractivity contribution in [3.8, 4) is 0 Å². The Morgan fingerprint density at radius 1 is 0.351 bits per heavy atom. The van der Waals surface area contributed by atoms with Crippen molar-refractivity contribution in [1.82, 2.24) is 0 Å². The molecule has 0 heterocycles. The molecule has 2 unspecified atom stereocenters. The smallest absolute Gasteiger partial charge is 0.306 e. The zero-order valence-electron chi connectivity index (χ0n) is 39.0. The van der Waals surface area contributed by atoms with Crippen molar-refractivity contribution in [2.45, 2.75) is 285 Å². The van der Waals surface area contributed by atoms with Gasteiger partial charge in [-0.05, 0) is 31.1 Å². The summed E-state index contributed by atoms with van der Waals surface area (Å²) >= 11 is 0. The van der Waals surface area contributed by atoms with Crippen LogP contribution in [0, 0.1) is 11.8 Å². The fourth-order valence-corrected chi connectivity index (χ4v) is 7.57. The van der Waals surface area contributed by atoms with E-state index in [9.17, 15) is 14.4 Å². The van der Waals surface area contributed by atoms with E-state index in [1.54, 1.807) is 0 Å². The topological polar surface area (TPSA) is 78.9 Å². The summed E-state index contributed by atoms with van der Waals surface area (Å²) in [4.78, 5) is 37.9. The van der Waals surface area contributed by atoms with Crippen LogP contribution >= 0.6 is 0 Å². The molecule has 0 bridgehead atoms. The summed E-state index contributed by atoms with van der Waals surface area (Å²) in [5, 5.41) is 0. The summed E-state index contributed by atoms with van der Waals surface area (Å²) in [5.41, 5.74) is 0. The molecule has 0 fully saturated rings. The van der Waals surface area contributed by atoms with E-state index < -0.39 is 6.10 Å². The SMILES string of the molecule is CCCCCCCCCCCCCC(=O)OC[C@@H](COC(=O)CCCCCCCCCCCCC(C)CC)OC(=O)CCCCCCCCCCCCC(C)CC. The second-order valence-corrected chi connectivity index (χ2v) is 17.9. The Kier molecular flexibility index (Phi) is 42.7. The molecule has 0 saturated carbocycles. The highest BCUT2D eigenvalue weighted by atomic mass is 16.6. The van der Waals surface area contributed by atoms with E-state index in [2.05, 4.69) is 34.6 Å². The Labute approximate surface area is 355 Å². The van der Waals surface area contributed by atoms with Gasteiger partial charge in [0.15, 0.2) is 6.10 Å². The maximum absolute atomic E-state index is 12.8. The van der Waals surface area contributed by atoms with E-state index in [0.717, 1.165) is 69.6 Å². The highest BCUT2D eigenvalue weighted by molar-refractivity contribution is 5.71. The van der Waals surface area contributed by atoms with Crippen LogP contribution < -0.4 is 0 Å². The van der Waals surface area contributed by atoms with Crippen LogP contribution in [0.3, 0.4) is 0 Å². The first kappa shape index (κ1) is 55.4. The van der Waals surface area contributed by atoms with Crippen LogP contribution in [-0.2, 0) is 28.6 Å². The highest BCUT2D eigenvalue weighted by Gasteiger charge is 2.19. The summed E-state index contributed by atoms with van der Waals surface area (Å²) < 4.78 is 16.8. The minimum atomic E-state index is -0.761. The lowest BCUT2D eigenvalue weighted by Gasteiger charge is -2.18. The lowest BCUT2D eigenvalue weighted by Crippen LogP contribution is -2.30. The van der Waals surface area contributed by atoms with Gasteiger partial charge in [0.2, 0.25) is 0 Å². The number of unbranched alkanes of at least 4 members (excludes halogenated alkanes) is 28. The molecule has 0 spiro atoms. The Morgan fingerprint density at radius 3 is 0.912 bits per heavy atom. The summed E-state index contributed by atoms with van der Waals surface area (Å²) in [5.74, 6) is 0.886. The van der Waals surface area contributed by atoms with Gasteiger partial charge in [-0.15, -0.1) is 0 Å². The molecule has 0 N–H and O–H groups in total. The van der Waals surface area contributed by atoms with Crippen molar-refractivity contribution in [2.75, 3.05) is 13.2 Å². The summed E-state index contributed by atoms with van der Waals surface area (Å²) in [6.45, 7) is 11.4. The van der Waals surface area contributed by atoms with E-state index in [1.807, 2.05) is 0 Å². The molecule has 0 aromatic heterocycles. The molecular weight excluding hydrogens is 709 g/mol. The predicted octanol–water partition coefficient (Wildman–Crippen LogP) is 16.1. The quantitative estimate of drug-likeness (QED) is 0.0346. The predicted molar refractivity (Wildman–Crippen MR) is 243 cm³/mol. The maximum Gasteiger partial charge on any atom is 0.306 e. The number of hydrogen-bond acceptors (Lipinski definition) is 6. The third kappa shape index (κ3) is 42.3. The lowest BCUT2D eigenvalue weighted by atomic mass is 9.99. The van der Waals surface area contributed by atoms with E-state index in [4.69, 9.17) is 14.2 Å². The fourth-order valence-electron chi connectivity index (χ4n) is 7.57. The normalized spacial score (nSPS) is 13.0. The minimum absolute atomic E-state index is 0.0641. The second-order valence-electron chi connectivity index (χ2n) is 17.9. The molecular formula is C51H98O6. The number of carbonyl (C=O) groups is 3. The number of esters is 3. The molecule has 0 aromatic rings. The number of carbonyl (C=O) groups excluding carboxylic acids is 3. The number of rotatable bonds is 45. The van der Waals surface area contributed by atoms with Crippen molar-refractivity contribution < 1.29 is 28.6 Å². The van der Waals surface area contributed by atoms with E-state index in [0.29, 0.717) is 19.3 Å². The monoisotopic (exact) mass is 807 g/mol. The first-order valence-electron chi connectivity index (χ1n) is 25.3. The third-order valence-corrected chi connectivity index (χ3v) is 12.2. The average molecular weight is 807 g/mol. The largest absolute Gasteiger partial charge is 0.462 e. The van der Waals surface area contributed by atoms with Gasteiger partial charge in [0.1, 0.15) is 13.2 Å². The van der Waals surface area contributed by atoms with E-state index in [-0.39, 0.29) is 31.1 Å². The van der Waals surface area contributed by atoms with E-state index in [1.165, 1.54) is 167 Å². The van der Waals surface area contributed by atoms with Gasteiger partial charge in [-0.25, -0.2) is 0 Å². The van der Waals surface area contributed by atoms with Gasteiger partial charge in [0, 0.05) is 19.3 Å². The molecule has 57 heavy (non-hydrogen) atoms. The molecule has 0 radical (unpaired) electrons. The van der Waals surface area contributed by atoms with Gasteiger partial charge >= 0.3 is 17.9 Å². The van der Waals surface area contributed by atoms with Gasteiger partial charge in [0.05, 0.1) is 0 Å². The van der Waals surface area contributed by atoms with Crippen molar-refractivity contribution in [2.24, 2.45) is 11.8 Å². The van der Waals surface area contributed by atoms with Gasteiger partial charge < -0.3 is 14.2 Å². The molecule has 6 nitrogen and oxygen atoms in total. The van der Waals surface area contributed by atoms with Crippen molar-refractivity contribution in [3.05, 3.63) is 0 Å². The third-order valence-electron chi connectivity index (χ3n) is 12.2. The molecule has 0 aromatic carbocycles. The van der Waals surface area contributed by atoms with Gasteiger partial charge in [-0.3, -0.25) is 14.4 Å². The van der Waals surface area contributed by atoms with Gasteiger partial charge in [0.25, 0.3) is 0 Å². The van der Waals surface area contributed by atoms with Crippen LogP contribution in [0.4, 0.5) is 0 Å². The Morgan fingerprint density at radius 2 is 0.614 bits per heavy atom. The Hall–Kier alpha value is -1.59. The molecule has 3 atom stereocenters. The zero-order chi connectivity index (χ0) is 41.9. The van der Waals surface area contributed by atoms with Crippen molar-refractivity contribution >= 4 is 17.9 Å². The zero-order valence-corrected chi connectivity index (χ0v) is 39.0. The molecule has 0 rings (SSSR count). The molecule has 338 valence electrons. The first-order valence-corrected chi connectivity index (χ1v) is 25.3. The summed E-state index contributed by atoms with van der Waals surface area (Å²) in [6, 6.07) is 0. The Bertz CT molecular complexity index is 874. The van der Waals surface area contributed by atoms with Crippen LogP contribution in [0.1, 0.15) is 279 Å². The minimum Gasteiger partial charge on any atom is -0.462 e.